The SMILES string of the molecule is COc1cc2c(cc1F)CN(Cc1cn(Cc3cccnc3)nn1)CC2. The summed E-state index contributed by atoms with van der Waals surface area (Å²) in [5, 5.41) is 8.46. The van der Waals surface area contributed by atoms with Gasteiger partial charge in [-0.1, -0.05) is 11.3 Å². The summed E-state index contributed by atoms with van der Waals surface area (Å²) in [5.74, 6) is 0.00561. The molecule has 134 valence electrons. The highest BCUT2D eigenvalue weighted by Crippen LogP contribution is 2.27. The lowest BCUT2D eigenvalue weighted by molar-refractivity contribution is 0.241. The van der Waals surface area contributed by atoms with E-state index in [4.69, 9.17) is 4.74 Å². The van der Waals surface area contributed by atoms with E-state index < -0.39 is 0 Å². The van der Waals surface area contributed by atoms with Gasteiger partial charge in [0.25, 0.3) is 0 Å². The average molecular weight is 353 g/mol. The molecule has 1 aromatic carbocycles. The molecular weight excluding hydrogens is 333 g/mol. The molecule has 4 rings (SSSR count). The van der Waals surface area contributed by atoms with Gasteiger partial charge < -0.3 is 4.74 Å². The second-order valence-electron chi connectivity index (χ2n) is 6.48. The van der Waals surface area contributed by atoms with Gasteiger partial charge in [0, 0.05) is 32.0 Å². The molecule has 0 bridgehead atoms. The Morgan fingerprint density at radius 2 is 2.15 bits per heavy atom. The van der Waals surface area contributed by atoms with E-state index in [0.717, 1.165) is 35.3 Å². The van der Waals surface area contributed by atoms with Gasteiger partial charge in [0.05, 0.1) is 25.5 Å². The summed E-state index contributed by atoms with van der Waals surface area (Å²) in [6, 6.07) is 7.32. The second kappa shape index (κ2) is 7.21. The Labute approximate surface area is 151 Å². The first kappa shape index (κ1) is 16.7. The molecule has 1 aliphatic rings. The number of aromatic nitrogens is 4. The second-order valence-corrected chi connectivity index (χ2v) is 6.48. The van der Waals surface area contributed by atoms with Gasteiger partial charge in [-0.3, -0.25) is 9.88 Å². The molecule has 0 fully saturated rings. The summed E-state index contributed by atoms with van der Waals surface area (Å²) in [5.41, 5.74) is 4.16. The lowest BCUT2D eigenvalue weighted by atomic mass is 9.99. The zero-order chi connectivity index (χ0) is 17.9. The molecule has 2 aromatic heterocycles. The van der Waals surface area contributed by atoms with Crippen LogP contribution >= 0.6 is 0 Å². The predicted octanol–water partition coefficient (Wildman–Crippen LogP) is 2.43. The monoisotopic (exact) mass is 353 g/mol. The van der Waals surface area contributed by atoms with Crippen molar-refractivity contribution in [1.29, 1.82) is 0 Å². The first-order chi connectivity index (χ1) is 12.7. The fraction of sp³-hybridized carbons (Fsp3) is 0.316. The van der Waals surface area contributed by atoms with Crippen molar-refractivity contribution in [3.8, 4) is 5.75 Å². The smallest absolute Gasteiger partial charge is 0.165 e. The van der Waals surface area contributed by atoms with E-state index in [9.17, 15) is 4.39 Å². The fourth-order valence-electron chi connectivity index (χ4n) is 3.30. The van der Waals surface area contributed by atoms with Crippen molar-refractivity contribution >= 4 is 0 Å². The Morgan fingerprint density at radius 3 is 2.96 bits per heavy atom. The molecule has 0 amide bonds. The van der Waals surface area contributed by atoms with Gasteiger partial charge >= 0.3 is 0 Å². The molecule has 0 spiro atoms. The number of rotatable bonds is 5. The Balaban J connectivity index is 1.42. The van der Waals surface area contributed by atoms with Crippen molar-refractivity contribution in [2.24, 2.45) is 0 Å². The van der Waals surface area contributed by atoms with E-state index in [-0.39, 0.29) is 5.82 Å². The molecule has 0 saturated carbocycles. The molecule has 3 aromatic rings. The van der Waals surface area contributed by atoms with Crippen LogP contribution in [0.2, 0.25) is 0 Å². The zero-order valence-electron chi connectivity index (χ0n) is 14.6. The number of nitrogens with zero attached hydrogens (tertiary/aromatic N) is 5. The van der Waals surface area contributed by atoms with Gasteiger partial charge in [0.2, 0.25) is 0 Å². The van der Waals surface area contributed by atoms with Crippen LogP contribution in [0.1, 0.15) is 22.4 Å². The van der Waals surface area contributed by atoms with Crippen LogP contribution in [-0.4, -0.2) is 38.5 Å². The first-order valence-electron chi connectivity index (χ1n) is 8.57. The van der Waals surface area contributed by atoms with Crippen molar-refractivity contribution in [2.75, 3.05) is 13.7 Å². The number of hydrogen-bond acceptors (Lipinski definition) is 5. The van der Waals surface area contributed by atoms with Crippen molar-refractivity contribution in [3.63, 3.8) is 0 Å². The van der Waals surface area contributed by atoms with Crippen LogP contribution in [0.4, 0.5) is 4.39 Å². The van der Waals surface area contributed by atoms with Gasteiger partial charge in [-0.25, -0.2) is 9.07 Å². The van der Waals surface area contributed by atoms with Crippen molar-refractivity contribution < 1.29 is 9.13 Å². The number of pyridine rings is 1. The van der Waals surface area contributed by atoms with Gasteiger partial charge in [-0.15, -0.1) is 5.10 Å². The highest BCUT2D eigenvalue weighted by atomic mass is 19.1. The van der Waals surface area contributed by atoms with E-state index in [2.05, 4.69) is 20.2 Å². The van der Waals surface area contributed by atoms with Crippen LogP contribution < -0.4 is 4.74 Å². The minimum absolute atomic E-state index is 0.310. The number of ether oxygens (including phenoxy) is 1. The maximum absolute atomic E-state index is 14.0. The van der Waals surface area contributed by atoms with Crippen LogP contribution in [0.25, 0.3) is 0 Å². The maximum atomic E-state index is 14.0. The summed E-state index contributed by atoms with van der Waals surface area (Å²) in [4.78, 5) is 6.37. The number of benzene rings is 1. The first-order valence-corrected chi connectivity index (χ1v) is 8.57. The van der Waals surface area contributed by atoms with E-state index in [1.165, 1.54) is 7.11 Å². The van der Waals surface area contributed by atoms with Gasteiger partial charge in [0.1, 0.15) is 0 Å². The number of hydrogen-bond donors (Lipinski definition) is 0. The molecule has 0 aliphatic carbocycles. The molecule has 0 radical (unpaired) electrons. The van der Waals surface area contributed by atoms with Crippen molar-refractivity contribution in [1.82, 2.24) is 24.9 Å². The molecule has 1 aliphatic heterocycles. The third kappa shape index (κ3) is 3.57. The maximum Gasteiger partial charge on any atom is 0.165 e. The molecule has 0 saturated heterocycles. The summed E-state index contributed by atoms with van der Waals surface area (Å²) in [6.45, 7) is 2.94. The van der Waals surface area contributed by atoms with Crippen molar-refractivity contribution in [2.45, 2.75) is 26.1 Å². The predicted molar refractivity (Wildman–Crippen MR) is 94.1 cm³/mol. The molecule has 7 heteroatoms. The van der Waals surface area contributed by atoms with Gasteiger partial charge in [0.15, 0.2) is 11.6 Å². The van der Waals surface area contributed by atoms with Gasteiger partial charge in [-0.2, -0.15) is 0 Å². The summed E-state index contributed by atoms with van der Waals surface area (Å²) >= 11 is 0. The molecule has 0 unspecified atom stereocenters. The summed E-state index contributed by atoms with van der Waals surface area (Å²) in [7, 11) is 1.49. The van der Waals surface area contributed by atoms with Crippen LogP contribution in [-0.2, 0) is 26.1 Å². The van der Waals surface area contributed by atoms with Crippen LogP contribution in [0.5, 0.6) is 5.75 Å². The third-order valence-corrected chi connectivity index (χ3v) is 4.60. The van der Waals surface area contributed by atoms with Crippen LogP contribution in [0.3, 0.4) is 0 Å². The molecular formula is C19H20FN5O. The molecule has 3 heterocycles. The Kier molecular flexibility index (Phi) is 4.62. The highest BCUT2D eigenvalue weighted by molar-refractivity contribution is 5.38. The average Bonchev–Trinajstić information content (AvgIpc) is 3.08. The molecule has 0 N–H and O–H groups in total. The quantitative estimate of drug-likeness (QED) is 0.705. The molecule has 6 nitrogen and oxygen atoms in total. The molecule has 26 heavy (non-hydrogen) atoms. The van der Waals surface area contributed by atoms with E-state index >= 15 is 0 Å². The van der Waals surface area contributed by atoms with E-state index in [1.54, 1.807) is 12.3 Å². The Hall–Kier alpha value is -2.80. The van der Waals surface area contributed by atoms with E-state index in [1.807, 2.05) is 35.3 Å². The lowest BCUT2D eigenvalue weighted by Crippen LogP contribution is -2.30. The van der Waals surface area contributed by atoms with Crippen LogP contribution in [0, 0.1) is 5.82 Å². The largest absolute Gasteiger partial charge is 0.494 e. The van der Waals surface area contributed by atoms with Crippen LogP contribution in [0.15, 0.2) is 42.9 Å². The molecule has 0 atom stereocenters. The number of fused-ring (bicyclic) bond motifs is 1. The summed E-state index contributed by atoms with van der Waals surface area (Å²) < 4.78 is 20.9. The number of halogens is 1. The Morgan fingerprint density at radius 1 is 1.23 bits per heavy atom. The Bertz CT molecular complexity index is 896. The third-order valence-electron chi connectivity index (χ3n) is 4.60. The standard InChI is InChI=1S/C19H20FN5O/c1-26-19-8-15-4-6-24(11-16(15)7-18(19)20)12-17-13-25(23-22-17)10-14-3-2-5-21-9-14/h2-3,5,7-9,13H,4,6,10-12H2,1H3. The topological polar surface area (TPSA) is 56.1 Å². The lowest BCUT2D eigenvalue weighted by Gasteiger charge is -2.28. The highest BCUT2D eigenvalue weighted by Gasteiger charge is 2.20. The summed E-state index contributed by atoms with van der Waals surface area (Å²) in [6.07, 6.45) is 6.40. The van der Waals surface area contributed by atoms with Crippen molar-refractivity contribution in [3.05, 3.63) is 71.1 Å². The normalized spacial score (nSPS) is 14.2. The minimum Gasteiger partial charge on any atom is -0.494 e. The number of methoxy groups -OCH3 is 1. The zero-order valence-corrected chi connectivity index (χ0v) is 14.6. The van der Waals surface area contributed by atoms with E-state index in [0.29, 0.717) is 25.4 Å². The fourth-order valence-corrected chi connectivity index (χ4v) is 3.30. The van der Waals surface area contributed by atoms with Gasteiger partial charge in [-0.05, 0) is 41.3 Å². The minimum atomic E-state index is -0.310.